The maximum atomic E-state index is 12.4. The molecule has 31 heavy (non-hydrogen) atoms. The number of amides is 1. The number of anilines is 1. The predicted octanol–water partition coefficient (Wildman–Crippen LogP) is 6.89. The zero-order chi connectivity index (χ0) is 22.0. The molecule has 0 radical (unpaired) electrons. The summed E-state index contributed by atoms with van der Waals surface area (Å²) in [5.41, 5.74) is 7.72. The van der Waals surface area contributed by atoms with Crippen LogP contribution in [0.15, 0.2) is 71.2 Å². The Kier molecular flexibility index (Phi) is 5.72. The molecule has 0 atom stereocenters. The first-order valence-corrected chi connectivity index (χ1v) is 10.5. The van der Waals surface area contributed by atoms with Gasteiger partial charge in [-0.25, -0.2) is 4.98 Å². The lowest BCUT2D eigenvalue weighted by Crippen LogP contribution is -2.07. The molecular formula is C27H26N2O2. The maximum Gasteiger partial charge on any atom is 0.248 e. The standard InChI is InChI=1S/C27H26N2O2/c1-17(2)21-11-8-20(9-12-21)10-13-26(30)28-23-7-5-6-22(16-23)27-29-24-14-18(3)19(4)15-25(24)31-27/h5-17H,1-4H3,(H,28,30). The predicted molar refractivity (Wildman–Crippen MR) is 127 cm³/mol. The van der Waals surface area contributed by atoms with Gasteiger partial charge in [-0.1, -0.05) is 44.2 Å². The minimum atomic E-state index is -0.186. The number of aromatic nitrogens is 1. The van der Waals surface area contributed by atoms with Crippen LogP contribution in [0.2, 0.25) is 0 Å². The number of nitrogens with one attached hydrogen (secondary N) is 1. The number of benzene rings is 3. The fourth-order valence-corrected chi connectivity index (χ4v) is 3.38. The Balaban J connectivity index is 1.48. The van der Waals surface area contributed by atoms with Crippen molar-refractivity contribution >= 4 is 28.8 Å². The minimum absolute atomic E-state index is 0.186. The highest BCUT2D eigenvalue weighted by Gasteiger charge is 2.10. The van der Waals surface area contributed by atoms with Gasteiger partial charge in [-0.2, -0.15) is 0 Å². The van der Waals surface area contributed by atoms with Crippen molar-refractivity contribution in [1.82, 2.24) is 4.98 Å². The first-order valence-electron chi connectivity index (χ1n) is 10.5. The summed E-state index contributed by atoms with van der Waals surface area (Å²) in [7, 11) is 0. The van der Waals surface area contributed by atoms with Gasteiger partial charge in [0.1, 0.15) is 5.52 Å². The second kappa shape index (κ2) is 8.60. The summed E-state index contributed by atoms with van der Waals surface area (Å²) >= 11 is 0. The van der Waals surface area contributed by atoms with Crippen molar-refractivity contribution in [2.45, 2.75) is 33.6 Å². The first-order chi connectivity index (χ1) is 14.9. The summed E-state index contributed by atoms with van der Waals surface area (Å²) < 4.78 is 5.94. The zero-order valence-electron chi connectivity index (χ0n) is 18.3. The molecule has 156 valence electrons. The average Bonchev–Trinajstić information content (AvgIpc) is 3.16. The van der Waals surface area contributed by atoms with Gasteiger partial charge in [0, 0.05) is 17.3 Å². The monoisotopic (exact) mass is 410 g/mol. The lowest BCUT2D eigenvalue weighted by atomic mass is 10.0. The minimum Gasteiger partial charge on any atom is -0.436 e. The summed E-state index contributed by atoms with van der Waals surface area (Å²) in [6, 6.07) is 19.8. The van der Waals surface area contributed by atoms with Crippen molar-refractivity contribution in [2.75, 3.05) is 5.32 Å². The van der Waals surface area contributed by atoms with E-state index in [2.05, 4.69) is 50.1 Å². The molecule has 4 aromatic rings. The second-order valence-corrected chi connectivity index (χ2v) is 8.15. The average molecular weight is 411 g/mol. The highest BCUT2D eigenvalue weighted by Crippen LogP contribution is 2.28. The second-order valence-electron chi connectivity index (χ2n) is 8.15. The summed E-state index contributed by atoms with van der Waals surface area (Å²) in [5.74, 6) is 0.841. The van der Waals surface area contributed by atoms with Gasteiger partial charge < -0.3 is 9.73 Å². The normalized spacial score (nSPS) is 11.5. The molecule has 0 aliphatic rings. The molecule has 0 saturated heterocycles. The SMILES string of the molecule is Cc1cc2nc(-c3cccc(NC(=O)C=Cc4ccc(C(C)C)cc4)c3)oc2cc1C. The number of hydrogen-bond acceptors (Lipinski definition) is 3. The Labute approximate surface area is 182 Å². The number of oxazole rings is 1. The number of hydrogen-bond donors (Lipinski definition) is 1. The van der Waals surface area contributed by atoms with Crippen LogP contribution in [0, 0.1) is 13.8 Å². The molecule has 4 rings (SSSR count). The van der Waals surface area contributed by atoms with Crippen molar-refractivity contribution in [3.05, 3.63) is 89.0 Å². The fourth-order valence-electron chi connectivity index (χ4n) is 3.38. The van der Waals surface area contributed by atoms with Crippen LogP contribution in [0.1, 0.15) is 42.0 Å². The third-order valence-corrected chi connectivity index (χ3v) is 5.41. The molecule has 3 aromatic carbocycles. The number of aryl methyl sites for hydroxylation is 2. The lowest BCUT2D eigenvalue weighted by molar-refractivity contribution is -0.111. The quantitative estimate of drug-likeness (QED) is 0.365. The van der Waals surface area contributed by atoms with Crippen LogP contribution in [-0.2, 0) is 4.79 Å². The molecule has 0 spiro atoms. The number of fused-ring (bicyclic) bond motifs is 1. The van der Waals surface area contributed by atoms with Crippen molar-refractivity contribution in [2.24, 2.45) is 0 Å². The molecule has 0 bridgehead atoms. The molecule has 1 amide bonds. The van der Waals surface area contributed by atoms with Crippen LogP contribution in [-0.4, -0.2) is 10.9 Å². The Morgan fingerprint density at radius 2 is 1.74 bits per heavy atom. The van der Waals surface area contributed by atoms with Crippen molar-refractivity contribution in [1.29, 1.82) is 0 Å². The third-order valence-electron chi connectivity index (χ3n) is 5.41. The van der Waals surface area contributed by atoms with E-state index in [1.165, 1.54) is 16.7 Å². The molecule has 1 N–H and O–H groups in total. The van der Waals surface area contributed by atoms with Gasteiger partial charge in [-0.3, -0.25) is 4.79 Å². The van der Waals surface area contributed by atoms with Gasteiger partial charge >= 0.3 is 0 Å². The largest absolute Gasteiger partial charge is 0.436 e. The smallest absolute Gasteiger partial charge is 0.248 e. The number of nitrogens with zero attached hydrogens (tertiary/aromatic N) is 1. The Morgan fingerprint density at radius 3 is 2.48 bits per heavy atom. The highest BCUT2D eigenvalue weighted by atomic mass is 16.3. The molecule has 1 heterocycles. The number of carbonyl (C=O) groups excluding carboxylic acids is 1. The van der Waals surface area contributed by atoms with E-state index in [-0.39, 0.29) is 5.91 Å². The molecule has 4 heteroatoms. The van der Waals surface area contributed by atoms with Crippen LogP contribution < -0.4 is 5.32 Å². The zero-order valence-corrected chi connectivity index (χ0v) is 18.3. The van der Waals surface area contributed by atoms with Crippen molar-refractivity contribution < 1.29 is 9.21 Å². The molecule has 4 nitrogen and oxygen atoms in total. The van der Waals surface area contributed by atoms with E-state index >= 15 is 0 Å². The van der Waals surface area contributed by atoms with Gasteiger partial charge in [0.2, 0.25) is 11.8 Å². The van der Waals surface area contributed by atoms with Gasteiger partial charge in [-0.05, 0) is 78.4 Å². The number of rotatable bonds is 5. The van der Waals surface area contributed by atoms with E-state index in [0.717, 1.165) is 22.2 Å². The van der Waals surface area contributed by atoms with E-state index in [0.29, 0.717) is 17.5 Å². The summed E-state index contributed by atoms with van der Waals surface area (Å²) in [6.45, 7) is 8.44. The summed E-state index contributed by atoms with van der Waals surface area (Å²) in [6.07, 6.45) is 3.36. The molecule has 0 unspecified atom stereocenters. The molecular weight excluding hydrogens is 384 g/mol. The van der Waals surface area contributed by atoms with Crippen LogP contribution in [0.4, 0.5) is 5.69 Å². The van der Waals surface area contributed by atoms with E-state index < -0.39 is 0 Å². The Hall–Kier alpha value is -3.66. The van der Waals surface area contributed by atoms with Crippen molar-refractivity contribution in [3.8, 4) is 11.5 Å². The van der Waals surface area contributed by atoms with E-state index in [9.17, 15) is 4.79 Å². The number of carbonyl (C=O) groups is 1. The maximum absolute atomic E-state index is 12.4. The lowest BCUT2D eigenvalue weighted by Gasteiger charge is -2.05. The van der Waals surface area contributed by atoms with Gasteiger partial charge in [-0.15, -0.1) is 0 Å². The molecule has 0 aliphatic carbocycles. The van der Waals surface area contributed by atoms with Gasteiger partial charge in [0.15, 0.2) is 5.58 Å². The van der Waals surface area contributed by atoms with E-state index in [1.807, 2.05) is 54.6 Å². The molecule has 0 saturated carbocycles. The third kappa shape index (κ3) is 4.75. The van der Waals surface area contributed by atoms with Crippen LogP contribution in [0.25, 0.3) is 28.6 Å². The summed E-state index contributed by atoms with van der Waals surface area (Å²) in [4.78, 5) is 17.0. The van der Waals surface area contributed by atoms with Gasteiger partial charge in [0.25, 0.3) is 0 Å². The first kappa shape index (κ1) is 20.6. The molecule has 0 fully saturated rings. The van der Waals surface area contributed by atoms with E-state index in [4.69, 9.17) is 4.42 Å². The fraction of sp³-hybridized carbons (Fsp3) is 0.185. The highest BCUT2D eigenvalue weighted by molar-refractivity contribution is 6.02. The Morgan fingerprint density at radius 1 is 1.00 bits per heavy atom. The molecule has 1 aromatic heterocycles. The molecule has 0 aliphatic heterocycles. The topological polar surface area (TPSA) is 55.1 Å². The van der Waals surface area contributed by atoms with Crippen LogP contribution in [0.5, 0.6) is 0 Å². The van der Waals surface area contributed by atoms with Gasteiger partial charge in [0.05, 0.1) is 0 Å². The Bertz CT molecular complexity index is 1230. The summed E-state index contributed by atoms with van der Waals surface area (Å²) in [5, 5.41) is 2.91. The van der Waals surface area contributed by atoms with E-state index in [1.54, 1.807) is 6.08 Å². The van der Waals surface area contributed by atoms with Crippen LogP contribution >= 0.6 is 0 Å². The van der Waals surface area contributed by atoms with Crippen LogP contribution in [0.3, 0.4) is 0 Å². The van der Waals surface area contributed by atoms with Crippen molar-refractivity contribution in [3.63, 3.8) is 0 Å².